The second-order valence-corrected chi connectivity index (χ2v) is 5.11. The minimum Gasteiger partial charge on any atom is -0.457 e. The van der Waals surface area contributed by atoms with Crippen LogP contribution in [0.4, 0.5) is 0 Å². The van der Waals surface area contributed by atoms with Crippen LogP contribution in [-0.4, -0.2) is 4.98 Å². The number of nitrogens with two attached hydrogens (primary N) is 1. The molecule has 0 saturated carbocycles. The number of furan rings is 1. The maximum Gasteiger partial charge on any atom is 0.152 e. The summed E-state index contributed by atoms with van der Waals surface area (Å²) in [4.78, 5) is 3.95. The summed E-state index contributed by atoms with van der Waals surface area (Å²) in [5, 5.41) is 1.89. The molecule has 2 heterocycles. The highest BCUT2D eigenvalue weighted by molar-refractivity contribution is 6.34. The maximum atomic E-state index is 6.11. The Kier molecular flexibility index (Phi) is 3.63. The molecule has 3 N–H and O–H groups in total. The Bertz CT molecular complexity index is 757. The zero-order chi connectivity index (χ0) is 14.1. The lowest BCUT2D eigenvalue weighted by atomic mass is 10.1. The Hall–Kier alpha value is -1.59. The van der Waals surface area contributed by atoms with Crippen molar-refractivity contribution in [3.63, 3.8) is 0 Å². The van der Waals surface area contributed by atoms with Gasteiger partial charge in [-0.3, -0.25) is 5.84 Å². The van der Waals surface area contributed by atoms with Crippen molar-refractivity contribution in [2.45, 2.75) is 6.04 Å². The highest BCUT2D eigenvalue weighted by Gasteiger charge is 2.18. The molecule has 0 bridgehead atoms. The van der Waals surface area contributed by atoms with Gasteiger partial charge in [0.2, 0.25) is 0 Å². The third kappa shape index (κ3) is 2.39. The SMILES string of the molecule is NNC(c1ccnc(Cl)c1)c1cc2cccc(Cl)c2o1. The summed E-state index contributed by atoms with van der Waals surface area (Å²) in [5.74, 6) is 6.30. The van der Waals surface area contributed by atoms with Gasteiger partial charge in [0.1, 0.15) is 17.0 Å². The van der Waals surface area contributed by atoms with Gasteiger partial charge in [0.25, 0.3) is 0 Å². The minimum absolute atomic E-state index is 0.320. The average Bonchev–Trinajstić information content (AvgIpc) is 2.85. The van der Waals surface area contributed by atoms with E-state index in [0.717, 1.165) is 10.9 Å². The van der Waals surface area contributed by atoms with Crippen molar-refractivity contribution < 1.29 is 4.42 Å². The Labute approximate surface area is 125 Å². The third-order valence-corrected chi connectivity index (χ3v) is 3.55. The standard InChI is InChI=1S/C14H11Cl2N3O/c15-10-3-1-2-9-6-11(20-14(9)10)13(19-17)8-4-5-18-12(16)7-8/h1-7,13,19H,17H2. The molecule has 3 aromatic rings. The van der Waals surface area contributed by atoms with E-state index in [0.29, 0.717) is 21.5 Å². The van der Waals surface area contributed by atoms with Crippen LogP contribution in [0.15, 0.2) is 47.0 Å². The van der Waals surface area contributed by atoms with Crippen molar-refractivity contribution in [1.29, 1.82) is 0 Å². The number of para-hydroxylation sites is 1. The van der Waals surface area contributed by atoms with Crippen molar-refractivity contribution in [3.05, 3.63) is 64.1 Å². The lowest BCUT2D eigenvalue weighted by Crippen LogP contribution is -2.28. The van der Waals surface area contributed by atoms with Crippen LogP contribution in [0.3, 0.4) is 0 Å². The van der Waals surface area contributed by atoms with Crippen LogP contribution < -0.4 is 11.3 Å². The van der Waals surface area contributed by atoms with Gasteiger partial charge >= 0.3 is 0 Å². The van der Waals surface area contributed by atoms with Crippen LogP contribution in [0.5, 0.6) is 0 Å². The van der Waals surface area contributed by atoms with Gasteiger partial charge in [-0.1, -0.05) is 35.3 Å². The van der Waals surface area contributed by atoms with Crippen LogP contribution >= 0.6 is 23.2 Å². The van der Waals surface area contributed by atoms with Gasteiger partial charge in [-0.2, -0.15) is 0 Å². The summed E-state index contributed by atoms with van der Waals surface area (Å²) in [6.07, 6.45) is 1.62. The predicted octanol–water partition coefficient (Wildman–Crippen LogP) is 3.69. The first-order chi connectivity index (χ1) is 9.69. The lowest BCUT2D eigenvalue weighted by Gasteiger charge is -2.13. The number of hydrogen-bond donors (Lipinski definition) is 2. The molecule has 0 radical (unpaired) electrons. The summed E-state index contributed by atoms with van der Waals surface area (Å²) in [6, 6.07) is 10.7. The van der Waals surface area contributed by atoms with E-state index in [4.69, 9.17) is 33.5 Å². The number of halogens is 2. The highest BCUT2D eigenvalue weighted by Crippen LogP contribution is 2.31. The molecule has 0 amide bonds. The molecule has 20 heavy (non-hydrogen) atoms. The van der Waals surface area contributed by atoms with E-state index in [1.165, 1.54) is 0 Å². The van der Waals surface area contributed by atoms with E-state index >= 15 is 0 Å². The molecule has 0 aliphatic rings. The van der Waals surface area contributed by atoms with Crippen LogP contribution in [0, 0.1) is 0 Å². The summed E-state index contributed by atoms with van der Waals surface area (Å²) in [5.41, 5.74) is 4.23. The smallest absolute Gasteiger partial charge is 0.152 e. The van der Waals surface area contributed by atoms with Gasteiger partial charge in [-0.15, -0.1) is 0 Å². The maximum absolute atomic E-state index is 6.11. The summed E-state index contributed by atoms with van der Waals surface area (Å²) < 4.78 is 5.81. The first-order valence-corrected chi connectivity index (χ1v) is 6.70. The first kappa shape index (κ1) is 13.4. The van der Waals surface area contributed by atoms with Crippen LogP contribution in [0.25, 0.3) is 11.0 Å². The molecule has 0 saturated heterocycles. The molecule has 1 unspecified atom stereocenters. The van der Waals surface area contributed by atoms with Gasteiger partial charge in [-0.25, -0.2) is 10.4 Å². The topological polar surface area (TPSA) is 64.1 Å². The Morgan fingerprint density at radius 3 is 2.75 bits per heavy atom. The third-order valence-electron chi connectivity index (χ3n) is 3.05. The zero-order valence-corrected chi connectivity index (χ0v) is 11.8. The minimum atomic E-state index is -0.320. The van der Waals surface area contributed by atoms with E-state index in [1.807, 2.05) is 24.3 Å². The number of pyridine rings is 1. The molecule has 4 nitrogen and oxygen atoms in total. The van der Waals surface area contributed by atoms with E-state index in [-0.39, 0.29) is 6.04 Å². The van der Waals surface area contributed by atoms with Crippen molar-refractivity contribution in [2.24, 2.45) is 5.84 Å². The van der Waals surface area contributed by atoms with Gasteiger partial charge in [0.05, 0.1) is 5.02 Å². The average molecular weight is 308 g/mol. The molecule has 0 aliphatic heterocycles. The van der Waals surface area contributed by atoms with E-state index in [9.17, 15) is 0 Å². The quantitative estimate of drug-likeness (QED) is 0.440. The number of hydrogen-bond acceptors (Lipinski definition) is 4. The molecule has 0 spiro atoms. The fourth-order valence-electron chi connectivity index (χ4n) is 2.13. The number of benzene rings is 1. The normalized spacial score (nSPS) is 12.8. The fraction of sp³-hybridized carbons (Fsp3) is 0.0714. The van der Waals surface area contributed by atoms with E-state index in [2.05, 4.69) is 10.4 Å². The Morgan fingerprint density at radius 1 is 1.20 bits per heavy atom. The lowest BCUT2D eigenvalue weighted by molar-refractivity contribution is 0.477. The molecule has 1 aromatic carbocycles. The van der Waals surface area contributed by atoms with Gasteiger partial charge in [0, 0.05) is 11.6 Å². The van der Waals surface area contributed by atoms with Crippen molar-refractivity contribution >= 4 is 34.2 Å². The van der Waals surface area contributed by atoms with Crippen LogP contribution in [0.1, 0.15) is 17.4 Å². The van der Waals surface area contributed by atoms with Gasteiger partial charge in [-0.05, 0) is 29.8 Å². The van der Waals surface area contributed by atoms with Crippen molar-refractivity contribution in [2.75, 3.05) is 0 Å². The second-order valence-electron chi connectivity index (χ2n) is 4.32. The van der Waals surface area contributed by atoms with E-state index < -0.39 is 0 Å². The van der Waals surface area contributed by atoms with Crippen LogP contribution in [0.2, 0.25) is 10.2 Å². The molecule has 2 aromatic heterocycles. The number of rotatable bonds is 3. The second kappa shape index (κ2) is 5.42. The van der Waals surface area contributed by atoms with Gasteiger partial charge in [0.15, 0.2) is 5.58 Å². The Balaban J connectivity index is 2.09. The zero-order valence-electron chi connectivity index (χ0n) is 10.3. The first-order valence-electron chi connectivity index (χ1n) is 5.94. The summed E-state index contributed by atoms with van der Waals surface area (Å²) >= 11 is 12.0. The largest absolute Gasteiger partial charge is 0.457 e. The van der Waals surface area contributed by atoms with Crippen molar-refractivity contribution in [1.82, 2.24) is 10.4 Å². The summed E-state index contributed by atoms with van der Waals surface area (Å²) in [6.45, 7) is 0. The molecule has 102 valence electrons. The molecular weight excluding hydrogens is 297 g/mol. The molecule has 6 heteroatoms. The monoisotopic (exact) mass is 307 g/mol. The predicted molar refractivity (Wildman–Crippen MR) is 79.6 cm³/mol. The number of nitrogens with zero attached hydrogens (tertiary/aromatic N) is 1. The Morgan fingerprint density at radius 2 is 2.05 bits per heavy atom. The number of hydrazine groups is 1. The van der Waals surface area contributed by atoms with Gasteiger partial charge < -0.3 is 4.42 Å². The highest BCUT2D eigenvalue weighted by atomic mass is 35.5. The number of nitrogens with one attached hydrogen (secondary N) is 1. The van der Waals surface area contributed by atoms with Crippen LogP contribution in [-0.2, 0) is 0 Å². The molecule has 0 aliphatic carbocycles. The molecular formula is C14H11Cl2N3O. The molecule has 0 fully saturated rings. The summed E-state index contributed by atoms with van der Waals surface area (Å²) in [7, 11) is 0. The number of fused-ring (bicyclic) bond motifs is 1. The number of aromatic nitrogens is 1. The van der Waals surface area contributed by atoms with E-state index in [1.54, 1.807) is 18.3 Å². The van der Waals surface area contributed by atoms with Crippen molar-refractivity contribution in [3.8, 4) is 0 Å². The fourth-order valence-corrected chi connectivity index (χ4v) is 2.53. The molecule has 3 rings (SSSR count). The molecule has 1 atom stereocenters.